The number of rotatable bonds is 3. The van der Waals surface area contributed by atoms with Crippen molar-refractivity contribution in [2.45, 2.75) is 19.3 Å². The summed E-state index contributed by atoms with van der Waals surface area (Å²) in [7, 11) is 0. The van der Waals surface area contributed by atoms with Crippen LogP contribution in [-0.4, -0.2) is 9.13 Å². The molecule has 0 saturated heterocycles. The van der Waals surface area contributed by atoms with Crippen molar-refractivity contribution in [3.8, 4) is 33.6 Å². The molecule has 2 nitrogen and oxygen atoms in total. The standard InChI is InChI=1S/C45H32N2/c1-45(2)36-22-9-6-18-33(36)42-32(21-13-23-37(42)45)29-14-12-17-31(28-29)47-39-25-11-8-20-35(39)44-41(47)27-26-40-43(44)34-19-7-10-24-38(34)46(40)30-15-4-3-5-16-30/h3-28H,1-2H3. The zero-order chi connectivity index (χ0) is 31.3. The summed E-state index contributed by atoms with van der Waals surface area (Å²) in [6.45, 7) is 4.71. The van der Waals surface area contributed by atoms with Crippen LogP contribution < -0.4 is 0 Å². The minimum Gasteiger partial charge on any atom is -0.309 e. The number of hydrogen-bond donors (Lipinski definition) is 0. The number of benzene rings is 7. The summed E-state index contributed by atoms with van der Waals surface area (Å²) >= 11 is 0. The lowest BCUT2D eigenvalue weighted by Crippen LogP contribution is -2.14. The van der Waals surface area contributed by atoms with E-state index in [2.05, 4.69) is 181 Å². The Labute approximate surface area is 273 Å². The highest BCUT2D eigenvalue weighted by Gasteiger charge is 2.36. The van der Waals surface area contributed by atoms with Crippen molar-refractivity contribution in [1.82, 2.24) is 9.13 Å². The Morgan fingerprint density at radius 2 is 0.936 bits per heavy atom. The summed E-state index contributed by atoms with van der Waals surface area (Å²) in [4.78, 5) is 0. The molecule has 0 bridgehead atoms. The molecule has 1 aliphatic carbocycles. The van der Waals surface area contributed by atoms with Gasteiger partial charge in [0, 0.05) is 38.3 Å². The van der Waals surface area contributed by atoms with Gasteiger partial charge in [-0.3, -0.25) is 0 Å². The van der Waals surface area contributed by atoms with Gasteiger partial charge in [0.05, 0.1) is 22.1 Å². The predicted octanol–water partition coefficient (Wildman–Crippen LogP) is 11.9. The first-order valence-corrected chi connectivity index (χ1v) is 16.5. The number of para-hydroxylation sites is 3. The zero-order valence-corrected chi connectivity index (χ0v) is 26.4. The van der Waals surface area contributed by atoms with E-state index in [9.17, 15) is 0 Å². The number of aromatic nitrogens is 2. The van der Waals surface area contributed by atoms with E-state index in [0.29, 0.717) is 0 Å². The van der Waals surface area contributed by atoms with Crippen LogP contribution in [-0.2, 0) is 5.41 Å². The monoisotopic (exact) mass is 600 g/mol. The molecule has 0 atom stereocenters. The molecule has 47 heavy (non-hydrogen) atoms. The minimum atomic E-state index is -0.0311. The van der Waals surface area contributed by atoms with Crippen molar-refractivity contribution in [2.75, 3.05) is 0 Å². The Kier molecular flexibility index (Phi) is 5.37. The lowest BCUT2D eigenvalue weighted by atomic mass is 9.82. The molecule has 2 heteroatoms. The van der Waals surface area contributed by atoms with Crippen molar-refractivity contribution < 1.29 is 0 Å². The molecule has 0 aliphatic heterocycles. The fourth-order valence-corrected chi connectivity index (χ4v) is 8.46. The largest absolute Gasteiger partial charge is 0.309 e. The van der Waals surface area contributed by atoms with E-state index in [0.717, 1.165) is 0 Å². The summed E-state index contributed by atoms with van der Waals surface area (Å²) in [6.07, 6.45) is 0. The second kappa shape index (κ2) is 9.57. The van der Waals surface area contributed by atoms with Crippen LogP contribution in [0.2, 0.25) is 0 Å². The molecule has 1 aliphatic rings. The van der Waals surface area contributed by atoms with Crippen LogP contribution in [0.4, 0.5) is 0 Å². The molecule has 0 amide bonds. The molecular formula is C45H32N2. The van der Waals surface area contributed by atoms with Crippen molar-refractivity contribution >= 4 is 43.6 Å². The highest BCUT2D eigenvalue weighted by atomic mass is 15.0. The smallest absolute Gasteiger partial charge is 0.0548 e. The SMILES string of the molecule is CC1(C)c2ccccc2-c2c(-c3cccc(-n4c5ccccc5c5c6c7ccccc7n(-c7ccccc7)c6ccc54)c3)cccc21. The molecular weight excluding hydrogens is 569 g/mol. The molecule has 2 heterocycles. The van der Waals surface area contributed by atoms with Crippen LogP contribution >= 0.6 is 0 Å². The second-order valence-corrected chi connectivity index (χ2v) is 13.3. The topological polar surface area (TPSA) is 9.86 Å². The summed E-state index contributed by atoms with van der Waals surface area (Å²) < 4.78 is 4.87. The van der Waals surface area contributed by atoms with E-state index in [-0.39, 0.29) is 5.41 Å². The quantitative estimate of drug-likeness (QED) is 0.191. The van der Waals surface area contributed by atoms with E-state index in [4.69, 9.17) is 0 Å². The molecule has 0 saturated carbocycles. The third-order valence-corrected chi connectivity index (χ3v) is 10.5. The highest BCUT2D eigenvalue weighted by Crippen LogP contribution is 2.52. The van der Waals surface area contributed by atoms with E-state index < -0.39 is 0 Å². The molecule has 0 fully saturated rings. The molecule has 9 aromatic rings. The Hall–Kier alpha value is -5.86. The summed E-state index contributed by atoms with van der Waals surface area (Å²) in [5.74, 6) is 0. The minimum absolute atomic E-state index is 0.0311. The summed E-state index contributed by atoms with van der Waals surface area (Å²) in [5.41, 5.74) is 15.2. The van der Waals surface area contributed by atoms with Crippen molar-refractivity contribution in [1.29, 1.82) is 0 Å². The van der Waals surface area contributed by atoms with Gasteiger partial charge in [-0.15, -0.1) is 0 Å². The van der Waals surface area contributed by atoms with Gasteiger partial charge in [-0.2, -0.15) is 0 Å². The number of hydrogen-bond acceptors (Lipinski definition) is 0. The highest BCUT2D eigenvalue weighted by molar-refractivity contribution is 6.28. The van der Waals surface area contributed by atoms with Gasteiger partial charge >= 0.3 is 0 Å². The Morgan fingerprint density at radius 3 is 1.66 bits per heavy atom. The number of nitrogens with zero attached hydrogens (tertiary/aromatic N) is 2. The van der Waals surface area contributed by atoms with Crippen LogP contribution in [0, 0.1) is 0 Å². The average Bonchev–Trinajstić information content (AvgIpc) is 3.72. The third kappa shape index (κ3) is 3.56. The Morgan fingerprint density at radius 1 is 0.404 bits per heavy atom. The van der Waals surface area contributed by atoms with E-state index in [1.807, 2.05) is 0 Å². The van der Waals surface area contributed by atoms with Gasteiger partial charge in [0.2, 0.25) is 0 Å². The van der Waals surface area contributed by atoms with Crippen LogP contribution in [0.1, 0.15) is 25.0 Å². The molecule has 0 unspecified atom stereocenters. The molecule has 0 N–H and O–H groups in total. The maximum absolute atomic E-state index is 2.46. The van der Waals surface area contributed by atoms with Gasteiger partial charge in [0.25, 0.3) is 0 Å². The maximum atomic E-state index is 2.46. The molecule has 2 aromatic heterocycles. The fourth-order valence-electron chi connectivity index (χ4n) is 8.46. The first-order chi connectivity index (χ1) is 23.1. The summed E-state index contributed by atoms with van der Waals surface area (Å²) in [6, 6.07) is 58.0. The Bertz CT molecular complexity index is 2700. The second-order valence-electron chi connectivity index (χ2n) is 13.3. The van der Waals surface area contributed by atoms with Gasteiger partial charge < -0.3 is 9.13 Å². The van der Waals surface area contributed by atoms with Gasteiger partial charge in [0.15, 0.2) is 0 Å². The van der Waals surface area contributed by atoms with Crippen LogP contribution in [0.5, 0.6) is 0 Å². The van der Waals surface area contributed by atoms with Gasteiger partial charge in [0.1, 0.15) is 0 Å². The van der Waals surface area contributed by atoms with Crippen molar-refractivity contribution in [3.05, 3.63) is 169 Å². The lowest BCUT2D eigenvalue weighted by Gasteiger charge is -2.21. The van der Waals surface area contributed by atoms with E-state index in [1.54, 1.807) is 0 Å². The third-order valence-electron chi connectivity index (χ3n) is 10.5. The lowest BCUT2D eigenvalue weighted by molar-refractivity contribution is 0.660. The zero-order valence-electron chi connectivity index (χ0n) is 26.4. The molecule has 10 rings (SSSR count). The predicted molar refractivity (Wildman–Crippen MR) is 198 cm³/mol. The average molecular weight is 601 g/mol. The maximum Gasteiger partial charge on any atom is 0.0548 e. The molecule has 0 spiro atoms. The Balaban J connectivity index is 1.26. The normalized spacial score (nSPS) is 13.5. The number of fused-ring (bicyclic) bond motifs is 10. The van der Waals surface area contributed by atoms with E-state index >= 15 is 0 Å². The molecule has 0 radical (unpaired) electrons. The van der Waals surface area contributed by atoms with Crippen LogP contribution in [0.15, 0.2) is 158 Å². The molecule has 222 valence electrons. The summed E-state index contributed by atoms with van der Waals surface area (Å²) in [5, 5.41) is 5.14. The van der Waals surface area contributed by atoms with Gasteiger partial charge in [-0.1, -0.05) is 123 Å². The molecule has 7 aromatic carbocycles. The van der Waals surface area contributed by atoms with Crippen molar-refractivity contribution in [3.63, 3.8) is 0 Å². The fraction of sp³-hybridized carbons (Fsp3) is 0.0667. The van der Waals surface area contributed by atoms with E-state index in [1.165, 1.54) is 88.4 Å². The van der Waals surface area contributed by atoms with Crippen LogP contribution in [0.3, 0.4) is 0 Å². The van der Waals surface area contributed by atoms with Crippen LogP contribution in [0.25, 0.3) is 77.2 Å². The first kappa shape index (κ1) is 26.4. The van der Waals surface area contributed by atoms with Gasteiger partial charge in [-0.05, 0) is 81.9 Å². The first-order valence-electron chi connectivity index (χ1n) is 16.5. The van der Waals surface area contributed by atoms with Gasteiger partial charge in [-0.25, -0.2) is 0 Å². The van der Waals surface area contributed by atoms with Crippen molar-refractivity contribution in [2.24, 2.45) is 0 Å².